The van der Waals surface area contributed by atoms with Gasteiger partial charge in [0.2, 0.25) is 5.95 Å². The second-order valence-corrected chi connectivity index (χ2v) is 14.1. The number of nitrogens with zero attached hydrogens (tertiary/aromatic N) is 5. The fourth-order valence-electron chi connectivity index (χ4n) is 5.37. The molecule has 4 aromatic rings. The van der Waals surface area contributed by atoms with Crippen molar-refractivity contribution in [3.8, 4) is 17.0 Å². The average molecular weight is 715 g/mol. The lowest BCUT2D eigenvalue weighted by Crippen LogP contribution is -2.47. The standard InChI is InChI=1S/C33H37F3N8O5S/c1-5-20-15-21(16-22-17-38-30(42-28(20)22)40-23-7-6-14-44(18-23)31(45)49-32(2,3)4)26-12-13-27(41-26)29(39-19-37)43-50(46,47)25-10-8-24(9-11-25)48-33(34,35)36/h8-13,15-17,19,23,41H,5-7,14,18H2,1-4H3,(H2,37,39,43)(H,38,40,42)/t23-/m0/s1. The molecule has 266 valence electrons. The van der Waals surface area contributed by atoms with Crippen molar-refractivity contribution >= 4 is 45.1 Å². The summed E-state index contributed by atoms with van der Waals surface area (Å²) in [5.41, 5.74) is 8.21. The summed E-state index contributed by atoms with van der Waals surface area (Å²) < 4.78 is 76.7. The minimum Gasteiger partial charge on any atom is -0.444 e. The number of hydrogen-bond acceptors (Lipinski definition) is 8. The first-order chi connectivity index (χ1) is 23.5. The van der Waals surface area contributed by atoms with E-state index in [0.717, 1.165) is 65.5 Å². The maximum Gasteiger partial charge on any atom is 0.573 e. The molecular formula is C33H37F3N8O5S. The van der Waals surface area contributed by atoms with Crippen LogP contribution in [0.15, 0.2) is 69.0 Å². The Morgan fingerprint density at radius 1 is 1.16 bits per heavy atom. The molecule has 0 unspecified atom stereocenters. The van der Waals surface area contributed by atoms with Gasteiger partial charge in [-0.1, -0.05) is 6.92 Å². The smallest absolute Gasteiger partial charge is 0.444 e. The van der Waals surface area contributed by atoms with Gasteiger partial charge in [0.25, 0.3) is 10.0 Å². The molecule has 2 aromatic heterocycles. The number of sulfonamides is 1. The topological polar surface area (TPSA) is 177 Å². The van der Waals surface area contributed by atoms with E-state index in [0.29, 0.717) is 31.2 Å². The lowest BCUT2D eigenvalue weighted by molar-refractivity contribution is -0.274. The number of anilines is 1. The highest BCUT2D eigenvalue weighted by atomic mass is 32.2. The van der Waals surface area contributed by atoms with Crippen LogP contribution in [0.3, 0.4) is 0 Å². The molecule has 1 saturated heterocycles. The molecule has 1 atom stereocenters. The number of aromatic nitrogens is 3. The van der Waals surface area contributed by atoms with Gasteiger partial charge in [-0.3, -0.25) is 0 Å². The lowest BCUT2D eigenvalue weighted by atomic mass is 10.0. The molecular weight excluding hydrogens is 677 g/mol. The van der Waals surface area contributed by atoms with E-state index in [1.54, 1.807) is 23.2 Å². The van der Waals surface area contributed by atoms with Gasteiger partial charge in [0.15, 0.2) is 5.84 Å². The summed E-state index contributed by atoms with van der Waals surface area (Å²) in [4.78, 5) is 30.3. The van der Waals surface area contributed by atoms with Gasteiger partial charge in [-0.05, 0) is 99.7 Å². The first-order valence-corrected chi connectivity index (χ1v) is 17.2. The van der Waals surface area contributed by atoms with Crippen molar-refractivity contribution < 1.29 is 35.9 Å². The van der Waals surface area contributed by atoms with Gasteiger partial charge in [-0.15, -0.1) is 17.6 Å². The maximum atomic E-state index is 13.0. The SMILES string of the molecule is CCc1cc(-c2ccc(/C(N=CN)=N/S(=O)(=O)c3ccc(OC(F)(F)F)cc3)[nH]2)cc2cnc(N[C@H]3CCCN(C(=O)OC(C)(C)C)C3)nc12. The highest BCUT2D eigenvalue weighted by Gasteiger charge is 2.31. The van der Waals surface area contributed by atoms with Crippen LogP contribution >= 0.6 is 0 Å². The second-order valence-electron chi connectivity index (χ2n) is 12.5. The van der Waals surface area contributed by atoms with E-state index in [4.69, 9.17) is 15.5 Å². The van der Waals surface area contributed by atoms with Crippen molar-refractivity contribution in [3.05, 3.63) is 66.0 Å². The van der Waals surface area contributed by atoms with Gasteiger partial charge in [0.1, 0.15) is 11.4 Å². The Hall–Kier alpha value is -5.19. The zero-order valence-electron chi connectivity index (χ0n) is 27.8. The van der Waals surface area contributed by atoms with Crippen molar-refractivity contribution in [3.63, 3.8) is 0 Å². The third-order valence-corrected chi connectivity index (χ3v) is 8.83. The van der Waals surface area contributed by atoms with E-state index >= 15 is 0 Å². The van der Waals surface area contributed by atoms with Crippen LogP contribution < -0.4 is 15.8 Å². The molecule has 1 amide bonds. The molecule has 13 nitrogen and oxygen atoms in total. The molecule has 0 spiro atoms. The van der Waals surface area contributed by atoms with Crippen molar-refractivity contribution in [2.24, 2.45) is 15.1 Å². The predicted octanol–water partition coefficient (Wildman–Crippen LogP) is 6.02. The fourth-order valence-corrected chi connectivity index (χ4v) is 6.33. The summed E-state index contributed by atoms with van der Waals surface area (Å²) >= 11 is 0. The van der Waals surface area contributed by atoms with Gasteiger partial charge < -0.3 is 30.4 Å². The molecule has 1 aliphatic heterocycles. The lowest BCUT2D eigenvalue weighted by Gasteiger charge is -2.34. The number of amides is 1. The van der Waals surface area contributed by atoms with Crippen molar-refractivity contribution in [2.45, 2.75) is 69.9 Å². The summed E-state index contributed by atoms with van der Waals surface area (Å²) in [6.45, 7) is 8.60. The van der Waals surface area contributed by atoms with Gasteiger partial charge in [0.05, 0.1) is 22.4 Å². The van der Waals surface area contributed by atoms with Crippen LogP contribution in [0.25, 0.3) is 22.2 Å². The molecule has 4 N–H and O–H groups in total. The van der Waals surface area contributed by atoms with Gasteiger partial charge in [-0.2, -0.15) is 8.42 Å². The molecule has 50 heavy (non-hydrogen) atoms. The number of H-pyrrole nitrogens is 1. The van der Waals surface area contributed by atoms with E-state index in [2.05, 4.69) is 29.4 Å². The van der Waals surface area contributed by atoms with E-state index < -0.39 is 27.7 Å². The number of likely N-dealkylation sites (tertiary alicyclic amines) is 1. The number of aryl methyl sites for hydroxylation is 1. The number of nitrogens with two attached hydrogens (primary N) is 1. The summed E-state index contributed by atoms with van der Waals surface area (Å²) in [5, 5.41) is 4.15. The Labute approximate surface area is 286 Å². The van der Waals surface area contributed by atoms with Crippen molar-refractivity contribution in [1.29, 1.82) is 0 Å². The van der Waals surface area contributed by atoms with Crippen LogP contribution in [0.2, 0.25) is 0 Å². The number of nitrogens with one attached hydrogen (secondary N) is 2. The molecule has 0 saturated carbocycles. The molecule has 0 aliphatic carbocycles. The Balaban J connectivity index is 1.36. The quantitative estimate of drug-likeness (QED) is 0.145. The first kappa shape index (κ1) is 36.1. The predicted molar refractivity (Wildman–Crippen MR) is 183 cm³/mol. The number of alkyl halides is 3. The molecule has 1 fully saturated rings. The second kappa shape index (κ2) is 14.3. The molecule has 17 heteroatoms. The Bertz CT molecular complexity index is 2020. The number of aromatic amines is 1. The monoisotopic (exact) mass is 714 g/mol. The number of carbonyl (C=O) groups is 1. The number of rotatable bonds is 8. The van der Waals surface area contributed by atoms with Gasteiger partial charge in [0, 0.05) is 36.4 Å². The highest BCUT2D eigenvalue weighted by molar-refractivity contribution is 7.90. The van der Waals surface area contributed by atoms with Crippen LogP contribution in [-0.2, 0) is 21.2 Å². The number of benzene rings is 2. The molecule has 0 bridgehead atoms. The van der Waals surface area contributed by atoms with Gasteiger partial charge in [-0.25, -0.2) is 19.8 Å². The molecule has 5 rings (SSSR count). The normalized spacial score (nSPS) is 16.2. The highest BCUT2D eigenvalue weighted by Crippen LogP contribution is 2.29. The largest absolute Gasteiger partial charge is 0.573 e. The van der Waals surface area contributed by atoms with Crippen LogP contribution in [0.4, 0.5) is 23.9 Å². The van der Waals surface area contributed by atoms with E-state index in [1.165, 1.54) is 0 Å². The van der Waals surface area contributed by atoms with E-state index in [9.17, 15) is 26.4 Å². The number of halogens is 3. The number of ether oxygens (including phenoxy) is 2. The van der Waals surface area contributed by atoms with Crippen LogP contribution in [0.1, 0.15) is 51.8 Å². The number of aliphatic imine (C=N–C) groups is 1. The zero-order valence-corrected chi connectivity index (χ0v) is 28.6. The van der Waals surface area contributed by atoms with Crippen LogP contribution in [0, 0.1) is 0 Å². The number of hydrogen-bond donors (Lipinski definition) is 3. The molecule has 0 radical (unpaired) electrons. The van der Waals surface area contributed by atoms with E-state index in [1.807, 2.05) is 39.8 Å². The van der Waals surface area contributed by atoms with Crippen molar-refractivity contribution in [1.82, 2.24) is 19.9 Å². The number of amidine groups is 1. The summed E-state index contributed by atoms with van der Waals surface area (Å²) in [6, 6.07) is 10.8. The van der Waals surface area contributed by atoms with Crippen LogP contribution in [-0.4, -0.2) is 77.6 Å². The number of carbonyl (C=O) groups excluding carboxylic acids is 1. The maximum absolute atomic E-state index is 13.0. The molecule has 3 heterocycles. The number of piperidine rings is 1. The Morgan fingerprint density at radius 2 is 1.90 bits per heavy atom. The minimum absolute atomic E-state index is 0.0472. The summed E-state index contributed by atoms with van der Waals surface area (Å²) in [5.74, 6) is -0.398. The Kier molecular flexibility index (Phi) is 10.4. The molecule has 2 aromatic carbocycles. The van der Waals surface area contributed by atoms with Crippen LogP contribution in [0.5, 0.6) is 5.75 Å². The van der Waals surface area contributed by atoms with Crippen molar-refractivity contribution in [2.75, 3.05) is 18.4 Å². The summed E-state index contributed by atoms with van der Waals surface area (Å²) in [6.07, 6.45) is -0.361. The number of fused-ring (bicyclic) bond motifs is 1. The Morgan fingerprint density at radius 3 is 2.56 bits per heavy atom. The minimum atomic E-state index is -4.92. The summed E-state index contributed by atoms with van der Waals surface area (Å²) in [7, 11) is -4.40. The average Bonchev–Trinajstić information content (AvgIpc) is 3.53. The third-order valence-electron chi connectivity index (χ3n) is 7.55. The fraction of sp³-hybridized carbons (Fsp3) is 0.364. The molecule has 1 aliphatic rings. The third kappa shape index (κ3) is 9.07. The first-order valence-electron chi connectivity index (χ1n) is 15.7. The zero-order chi connectivity index (χ0) is 36.3. The van der Waals surface area contributed by atoms with Gasteiger partial charge >= 0.3 is 12.5 Å². The van der Waals surface area contributed by atoms with E-state index in [-0.39, 0.29) is 28.6 Å².